The number of rotatable bonds is 9. The van der Waals surface area contributed by atoms with Crippen molar-refractivity contribution in [3.05, 3.63) is 107 Å². The van der Waals surface area contributed by atoms with Gasteiger partial charge in [-0.25, -0.2) is 9.78 Å². The van der Waals surface area contributed by atoms with Gasteiger partial charge in [0.25, 0.3) is 5.91 Å². The molecule has 39 heavy (non-hydrogen) atoms. The third-order valence-corrected chi connectivity index (χ3v) is 6.60. The number of aromatic nitrogens is 2. The van der Waals surface area contributed by atoms with Crippen LogP contribution in [-0.4, -0.2) is 47.1 Å². The van der Waals surface area contributed by atoms with Crippen molar-refractivity contribution in [2.75, 3.05) is 20.2 Å². The lowest BCUT2D eigenvalue weighted by atomic mass is 10.1. The fourth-order valence-corrected chi connectivity index (χ4v) is 4.52. The number of ether oxygens (including phenoxy) is 3. The summed E-state index contributed by atoms with van der Waals surface area (Å²) in [6.07, 6.45) is 0.688. The Hall–Kier alpha value is -4.66. The van der Waals surface area contributed by atoms with Gasteiger partial charge in [0, 0.05) is 31.1 Å². The van der Waals surface area contributed by atoms with E-state index in [-0.39, 0.29) is 23.3 Å². The Bertz CT molecular complexity index is 1440. The van der Waals surface area contributed by atoms with Crippen LogP contribution >= 0.6 is 0 Å². The molecule has 0 spiro atoms. The highest BCUT2D eigenvalue weighted by atomic mass is 16.5. The second-order valence-corrected chi connectivity index (χ2v) is 9.31. The van der Waals surface area contributed by atoms with E-state index in [1.165, 1.54) is 7.11 Å². The summed E-state index contributed by atoms with van der Waals surface area (Å²) in [6.45, 7) is 3.43. The monoisotopic (exact) mass is 527 g/mol. The fraction of sp³-hybridized carbons (Fsp3) is 0.267. The van der Waals surface area contributed by atoms with E-state index in [1.807, 2.05) is 67.6 Å². The number of amides is 1. The molecular weight excluding hydrogens is 498 g/mol. The largest absolute Gasteiger partial charge is 0.485 e. The molecule has 1 amide bonds. The molecule has 1 saturated heterocycles. The maximum absolute atomic E-state index is 13.5. The van der Waals surface area contributed by atoms with E-state index in [2.05, 4.69) is 14.9 Å². The number of carbonyl (C=O) groups excluding carboxylic acids is 2. The van der Waals surface area contributed by atoms with Crippen molar-refractivity contribution in [2.45, 2.75) is 32.5 Å². The van der Waals surface area contributed by atoms with Gasteiger partial charge >= 0.3 is 5.97 Å². The van der Waals surface area contributed by atoms with Crippen molar-refractivity contribution in [3.63, 3.8) is 0 Å². The molecule has 0 unspecified atom stereocenters. The van der Waals surface area contributed by atoms with Crippen LogP contribution in [0.3, 0.4) is 0 Å². The molecule has 1 aliphatic rings. The quantitative estimate of drug-likeness (QED) is 0.282. The van der Waals surface area contributed by atoms with Crippen LogP contribution in [0, 0.1) is 6.92 Å². The summed E-state index contributed by atoms with van der Waals surface area (Å²) < 4.78 is 22.1. The molecule has 1 atom stereocenters. The Kier molecular flexibility index (Phi) is 7.86. The normalized spacial score (nSPS) is 14.7. The molecule has 200 valence electrons. The number of esters is 1. The third-order valence-electron chi connectivity index (χ3n) is 6.60. The second-order valence-electron chi connectivity index (χ2n) is 9.31. The Morgan fingerprint density at radius 2 is 1.64 bits per heavy atom. The summed E-state index contributed by atoms with van der Waals surface area (Å²) in [6, 6.07) is 22.9. The number of aryl methyl sites for hydroxylation is 1. The first-order valence-electron chi connectivity index (χ1n) is 12.7. The molecule has 1 aliphatic heterocycles. The lowest BCUT2D eigenvalue weighted by molar-refractivity contribution is 0.0554. The summed E-state index contributed by atoms with van der Waals surface area (Å²) in [5.74, 6) is 0.151. The molecule has 2 aromatic heterocycles. The van der Waals surface area contributed by atoms with E-state index in [9.17, 15) is 9.59 Å². The van der Waals surface area contributed by atoms with Gasteiger partial charge in [0.15, 0.2) is 11.5 Å². The van der Waals surface area contributed by atoms with Crippen molar-refractivity contribution < 1.29 is 28.3 Å². The van der Waals surface area contributed by atoms with Crippen LogP contribution in [0.5, 0.6) is 11.5 Å². The molecule has 9 nitrogen and oxygen atoms in total. The first kappa shape index (κ1) is 26.0. The van der Waals surface area contributed by atoms with Crippen LogP contribution in [0.1, 0.15) is 55.9 Å². The number of hydrogen-bond donors (Lipinski definition) is 0. The number of carbonyl (C=O) groups is 2. The summed E-state index contributed by atoms with van der Waals surface area (Å²) in [7, 11) is 1.28. The van der Waals surface area contributed by atoms with Crippen LogP contribution in [0.25, 0.3) is 0 Å². The molecular formula is C30H29N3O6. The Morgan fingerprint density at radius 3 is 2.31 bits per heavy atom. The lowest BCUT2D eigenvalue weighted by Crippen LogP contribution is -2.29. The molecule has 0 bridgehead atoms. The fourth-order valence-electron chi connectivity index (χ4n) is 4.52. The SMILES string of the molecule is COC(=O)c1cc([C@@H]2CCN(C(=O)c3cc(OCc4ccccc4)c(OCc4ccccc4)c(C)n3)C2)no1. The van der Waals surface area contributed by atoms with E-state index in [1.54, 1.807) is 17.0 Å². The Labute approximate surface area is 226 Å². The van der Waals surface area contributed by atoms with Crippen LogP contribution in [0.2, 0.25) is 0 Å². The minimum absolute atomic E-state index is 0.0425. The zero-order chi connectivity index (χ0) is 27.2. The molecule has 0 radical (unpaired) electrons. The molecule has 0 N–H and O–H groups in total. The van der Waals surface area contributed by atoms with Gasteiger partial charge in [-0.05, 0) is 24.5 Å². The van der Waals surface area contributed by atoms with Crippen LogP contribution in [0.4, 0.5) is 0 Å². The van der Waals surface area contributed by atoms with Gasteiger partial charge in [-0.2, -0.15) is 0 Å². The number of methoxy groups -OCH3 is 1. The van der Waals surface area contributed by atoms with Crippen LogP contribution < -0.4 is 9.47 Å². The average Bonchev–Trinajstić information content (AvgIpc) is 3.66. The molecule has 0 saturated carbocycles. The standard InChI is InChI=1S/C30H29N3O6/c1-20-28(38-19-22-11-7-4-8-12-22)26(37-18-21-9-5-3-6-10-21)16-25(31-20)29(34)33-14-13-23(17-33)24-15-27(39-32-24)30(35)36-2/h3-12,15-16,23H,13-14,17-19H2,1-2H3/t23-/m1/s1. The van der Waals surface area contributed by atoms with Gasteiger partial charge in [0.2, 0.25) is 5.76 Å². The van der Waals surface area contributed by atoms with Gasteiger partial charge in [0.1, 0.15) is 18.9 Å². The molecule has 5 rings (SSSR count). The van der Waals surface area contributed by atoms with Crippen molar-refractivity contribution in [3.8, 4) is 11.5 Å². The van der Waals surface area contributed by atoms with E-state index in [0.29, 0.717) is 55.6 Å². The van der Waals surface area contributed by atoms with Gasteiger partial charge in [-0.1, -0.05) is 65.8 Å². The van der Waals surface area contributed by atoms with Crippen molar-refractivity contribution in [1.29, 1.82) is 0 Å². The molecule has 2 aromatic carbocycles. The van der Waals surface area contributed by atoms with E-state index < -0.39 is 5.97 Å². The van der Waals surface area contributed by atoms with E-state index >= 15 is 0 Å². The van der Waals surface area contributed by atoms with E-state index in [4.69, 9.17) is 14.0 Å². The zero-order valence-corrected chi connectivity index (χ0v) is 21.8. The van der Waals surface area contributed by atoms with Gasteiger partial charge in [0.05, 0.1) is 18.5 Å². The highest BCUT2D eigenvalue weighted by Gasteiger charge is 2.32. The summed E-state index contributed by atoms with van der Waals surface area (Å²) in [5, 5.41) is 4.01. The maximum atomic E-state index is 13.5. The predicted octanol–water partition coefficient (Wildman–Crippen LogP) is 4.95. The number of pyridine rings is 1. The van der Waals surface area contributed by atoms with Crippen LogP contribution in [-0.2, 0) is 18.0 Å². The predicted molar refractivity (Wildman–Crippen MR) is 142 cm³/mol. The molecule has 9 heteroatoms. The number of nitrogens with zero attached hydrogens (tertiary/aromatic N) is 3. The smallest absolute Gasteiger partial charge is 0.376 e. The molecule has 1 fully saturated rings. The molecule has 3 heterocycles. The van der Waals surface area contributed by atoms with Gasteiger partial charge < -0.3 is 23.6 Å². The number of hydrogen-bond acceptors (Lipinski definition) is 8. The zero-order valence-electron chi connectivity index (χ0n) is 21.8. The highest BCUT2D eigenvalue weighted by molar-refractivity contribution is 5.93. The Balaban J connectivity index is 1.34. The average molecular weight is 528 g/mol. The summed E-state index contributed by atoms with van der Waals surface area (Å²) in [4.78, 5) is 31.5. The van der Waals surface area contributed by atoms with Crippen molar-refractivity contribution >= 4 is 11.9 Å². The summed E-state index contributed by atoms with van der Waals surface area (Å²) in [5.41, 5.74) is 3.47. The Morgan fingerprint density at radius 1 is 0.974 bits per heavy atom. The van der Waals surface area contributed by atoms with E-state index in [0.717, 1.165) is 11.1 Å². The lowest BCUT2D eigenvalue weighted by Gasteiger charge is -2.19. The minimum Gasteiger partial charge on any atom is -0.485 e. The molecule has 0 aliphatic carbocycles. The van der Waals surface area contributed by atoms with Crippen molar-refractivity contribution in [2.24, 2.45) is 0 Å². The third kappa shape index (κ3) is 6.09. The second kappa shape index (κ2) is 11.8. The topological polar surface area (TPSA) is 104 Å². The summed E-state index contributed by atoms with van der Waals surface area (Å²) >= 11 is 0. The highest BCUT2D eigenvalue weighted by Crippen LogP contribution is 2.34. The minimum atomic E-state index is -0.586. The number of likely N-dealkylation sites (tertiary alicyclic amines) is 1. The number of benzene rings is 2. The van der Waals surface area contributed by atoms with Gasteiger partial charge in [-0.15, -0.1) is 0 Å². The van der Waals surface area contributed by atoms with Crippen LogP contribution in [0.15, 0.2) is 77.3 Å². The maximum Gasteiger partial charge on any atom is 0.376 e. The van der Waals surface area contributed by atoms with Crippen molar-refractivity contribution in [1.82, 2.24) is 15.0 Å². The van der Waals surface area contributed by atoms with Gasteiger partial charge in [-0.3, -0.25) is 4.79 Å². The molecule has 4 aromatic rings. The first-order valence-corrected chi connectivity index (χ1v) is 12.7. The first-order chi connectivity index (χ1) is 19.0.